The molecule has 0 N–H and O–H groups in total. The molecule has 23 heavy (non-hydrogen) atoms. The molecule has 0 aliphatic carbocycles. The highest BCUT2D eigenvalue weighted by Gasteiger charge is 2.22. The first-order chi connectivity index (χ1) is 11.1. The van der Waals surface area contributed by atoms with Crippen LogP contribution in [0.4, 0.5) is 5.69 Å². The minimum atomic E-state index is 0.793. The third-order valence-corrected chi connectivity index (χ3v) is 4.76. The number of fused-ring (bicyclic) bond motifs is 1. The Hall–Kier alpha value is -2.29. The van der Waals surface area contributed by atoms with Gasteiger partial charge in [0.25, 0.3) is 0 Å². The minimum absolute atomic E-state index is 0.793. The van der Waals surface area contributed by atoms with E-state index in [0.29, 0.717) is 0 Å². The summed E-state index contributed by atoms with van der Waals surface area (Å²) in [4.78, 5) is 4.79. The molecule has 0 spiro atoms. The van der Waals surface area contributed by atoms with Crippen LogP contribution in [-0.2, 0) is 12.8 Å². The fourth-order valence-electron chi connectivity index (χ4n) is 3.46. The average Bonchev–Trinajstić information content (AvgIpc) is 2.96. The highest BCUT2D eigenvalue weighted by atomic mass is 16.5. The summed E-state index contributed by atoms with van der Waals surface area (Å²) in [6.45, 7) is 6.27. The molecular weight excluding hydrogens is 286 g/mol. The molecule has 2 aromatic carbocycles. The van der Waals surface area contributed by atoms with Crippen LogP contribution in [0.15, 0.2) is 29.3 Å². The van der Waals surface area contributed by atoms with E-state index >= 15 is 0 Å². The van der Waals surface area contributed by atoms with Gasteiger partial charge in [0.05, 0.1) is 19.9 Å². The third-order valence-electron chi connectivity index (χ3n) is 4.76. The number of para-hydroxylation sites is 1. The van der Waals surface area contributed by atoms with Crippen LogP contribution in [0.2, 0.25) is 0 Å². The molecule has 0 amide bonds. The van der Waals surface area contributed by atoms with Gasteiger partial charge in [-0.2, -0.15) is 0 Å². The second-order valence-electron chi connectivity index (χ2n) is 6.08. The van der Waals surface area contributed by atoms with Crippen LogP contribution in [0.5, 0.6) is 11.5 Å². The van der Waals surface area contributed by atoms with Crippen LogP contribution >= 0.6 is 0 Å². The summed E-state index contributed by atoms with van der Waals surface area (Å²) in [6.07, 6.45) is 1.70. The Morgan fingerprint density at radius 3 is 2.22 bits per heavy atom. The Balaban J connectivity index is 2.03. The van der Waals surface area contributed by atoms with Gasteiger partial charge in [-0.3, -0.25) is 4.99 Å². The van der Waals surface area contributed by atoms with E-state index in [1.54, 1.807) is 14.2 Å². The van der Waals surface area contributed by atoms with Crippen molar-refractivity contribution in [1.82, 2.24) is 0 Å². The van der Waals surface area contributed by atoms with E-state index in [1.807, 2.05) is 6.07 Å². The molecule has 120 valence electrons. The quantitative estimate of drug-likeness (QED) is 0.832. The van der Waals surface area contributed by atoms with E-state index in [2.05, 4.69) is 39.0 Å². The molecule has 1 heterocycles. The standard InChI is InChI=1S/C20H23NO2/c1-12-13(2)20(23-5)17(14(3)19(12)22-4)11-16-10-15-8-6-7-9-18(15)21-16/h6-9H,10-11H2,1-5H3. The van der Waals surface area contributed by atoms with Gasteiger partial charge in [-0.25, -0.2) is 0 Å². The van der Waals surface area contributed by atoms with Gasteiger partial charge in [-0.05, 0) is 49.1 Å². The van der Waals surface area contributed by atoms with Gasteiger partial charge in [-0.15, -0.1) is 0 Å². The lowest BCUT2D eigenvalue weighted by atomic mass is 9.93. The van der Waals surface area contributed by atoms with E-state index in [-0.39, 0.29) is 0 Å². The number of rotatable bonds is 4. The largest absolute Gasteiger partial charge is 0.496 e. The molecule has 3 nitrogen and oxygen atoms in total. The van der Waals surface area contributed by atoms with Gasteiger partial charge in [0.1, 0.15) is 11.5 Å². The van der Waals surface area contributed by atoms with E-state index in [0.717, 1.165) is 46.7 Å². The number of nitrogens with zero attached hydrogens (tertiary/aromatic N) is 1. The topological polar surface area (TPSA) is 30.8 Å². The second kappa shape index (κ2) is 6.07. The maximum Gasteiger partial charge on any atom is 0.126 e. The van der Waals surface area contributed by atoms with Crippen molar-refractivity contribution < 1.29 is 9.47 Å². The third kappa shape index (κ3) is 2.61. The Morgan fingerprint density at radius 2 is 1.57 bits per heavy atom. The summed E-state index contributed by atoms with van der Waals surface area (Å²) in [6, 6.07) is 8.34. The van der Waals surface area contributed by atoms with Crippen molar-refractivity contribution in [2.75, 3.05) is 14.2 Å². The van der Waals surface area contributed by atoms with E-state index in [1.165, 1.54) is 16.8 Å². The molecule has 1 aliphatic rings. The SMILES string of the molecule is COc1c(C)c(C)c(OC)c(CC2=Nc3ccccc3C2)c1C. The van der Waals surface area contributed by atoms with Crippen molar-refractivity contribution in [2.24, 2.45) is 4.99 Å². The van der Waals surface area contributed by atoms with Crippen molar-refractivity contribution in [1.29, 1.82) is 0 Å². The highest BCUT2D eigenvalue weighted by Crippen LogP contribution is 2.39. The number of hydrogen-bond donors (Lipinski definition) is 0. The number of aliphatic imine (C=N–C) groups is 1. The van der Waals surface area contributed by atoms with Crippen LogP contribution in [0.25, 0.3) is 0 Å². The lowest BCUT2D eigenvalue weighted by molar-refractivity contribution is 0.392. The van der Waals surface area contributed by atoms with E-state index in [4.69, 9.17) is 14.5 Å². The number of hydrogen-bond acceptors (Lipinski definition) is 3. The number of benzene rings is 2. The molecule has 3 rings (SSSR count). The summed E-state index contributed by atoms with van der Waals surface area (Å²) in [5.74, 6) is 1.91. The molecule has 0 fully saturated rings. The summed E-state index contributed by atoms with van der Waals surface area (Å²) >= 11 is 0. The van der Waals surface area contributed by atoms with Gasteiger partial charge in [-0.1, -0.05) is 18.2 Å². The van der Waals surface area contributed by atoms with Gasteiger partial charge < -0.3 is 9.47 Å². The molecule has 0 bridgehead atoms. The fourth-order valence-corrected chi connectivity index (χ4v) is 3.46. The van der Waals surface area contributed by atoms with Gasteiger partial charge in [0.2, 0.25) is 0 Å². The maximum atomic E-state index is 5.71. The molecule has 0 saturated carbocycles. The second-order valence-corrected chi connectivity index (χ2v) is 6.08. The molecule has 0 unspecified atom stereocenters. The van der Waals surface area contributed by atoms with Gasteiger partial charge in [0, 0.05) is 24.1 Å². The zero-order valence-corrected chi connectivity index (χ0v) is 14.5. The zero-order chi connectivity index (χ0) is 16.6. The normalized spacial score (nSPS) is 12.8. The van der Waals surface area contributed by atoms with Crippen LogP contribution in [0, 0.1) is 20.8 Å². The monoisotopic (exact) mass is 309 g/mol. The summed E-state index contributed by atoms with van der Waals surface area (Å²) in [5.41, 5.74) is 8.18. The molecule has 3 heteroatoms. The van der Waals surface area contributed by atoms with Crippen molar-refractivity contribution in [3.05, 3.63) is 52.1 Å². The number of methoxy groups -OCH3 is 2. The molecule has 0 radical (unpaired) electrons. The molecule has 0 saturated heterocycles. The molecule has 2 aromatic rings. The Kier molecular flexibility index (Phi) is 4.12. The maximum absolute atomic E-state index is 5.71. The summed E-state index contributed by atoms with van der Waals surface area (Å²) in [5, 5.41) is 0. The van der Waals surface area contributed by atoms with Crippen molar-refractivity contribution in [3.63, 3.8) is 0 Å². The predicted octanol–water partition coefficient (Wildman–Crippen LogP) is 4.50. The zero-order valence-electron chi connectivity index (χ0n) is 14.5. The lowest BCUT2D eigenvalue weighted by Crippen LogP contribution is -2.09. The first kappa shape index (κ1) is 15.6. The molecule has 0 aromatic heterocycles. The molecule has 0 atom stereocenters. The fraction of sp³-hybridized carbons (Fsp3) is 0.350. The van der Waals surface area contributed by atoms with Gasteiger partial charge >= 0.3 is 0 Å². The van der Waals surface area contributed by atoms with Gasteiger partial charge in [0.15, 0.2) is 0 Å². The Morgan fingerprint density at radius 1 is 0.913 bits per heavy atom. The highest BCUT2D eigenvalue weighted by molar-refractivity contribution is 5.96. The van der Waals surface area contributed by atoms with Crippen molar-refractivity contribution >= 4 is 11.4 Å². The first-order valence-corrected chi connectivity index (χ1v) is 7.91. The Labute approximate surface area is 138 Å². The molecule has 1 aliphatic heterocycles. The summed E-state index contributed by atoms with van der Waals surface area (Å²) in [7, 11) is 3.47. The number of ether oxygens (including phenoxy) is 2. The van der Waals surface area contributed by atoms with E-state index in [9.17, 15) is 0 Å². The molecular formula is C20H23NO2. The van der Waals surface area contributed by atoms with Crippen LogP contribution in [0.3, 0.4) is 0 Å². The average molecular weight is 309 g/mol. The Bertz CT molecular complexity index is 791. The minimum Gasteiger partial charge on any atom is -0.496 e. The van der Waals surface area contributed by atoms with Crippen LogP contribution < -0.4 is 9.47 Å². The lowest BCUT2D eigenvalue weighted by Gasteiger charge is -2.20. The first-order valence-electron chi connectivity index (χ1n) is 7.91. The van der Waals surface area contributed by atoms with E-state index < -0.39 is 0 Å². The van der Waals surface area contributed by atoms with Crippen LogP contribution in [0.1, 0.15) is 27.8 Å². The predicted molar refractivity (Wildman–Crippen MR) is 94.7 cm³/mol. The summed E-state index contributed by atoms with van der Waals surface area (Å²) < 4.78 is 11.3. The van der Waals surface area contributed by atoms with Crippen LogP contribution in [-0.4, -0.2) is 19.9 Å². The van der Waals surface area contributed by atoms with Crippen molar-refractivity contribution in [2.45, 2.75) is 33.6 Å². The smallest absolute Gasteiger partial charge is 0.126 e. The van der Waals surface area contributed by atoms with Crippen molar-refractivity contribution in [3.8, 4) is 11.5 Å².